The van der Waals surface area contributed by atoms with E-state index in [1.165, 1.54) is 0 Å². The first-order valence-corrected chi connectivity index (χ1v) is 14.1. The molecule has 3 aliphatic rings. The molecule has 3 fully saturated rings. The van der Waals surface area contributed by atoms with Crippen LogP contribution in [0.1, 0.15) is 12.8 Å². The monoisotopic (exact) mass is 612 g/mol. The Morgan fingerprint density at radius 3 is 2.31 bits per heavy atom. The van der Waals surface area contributed by atoms with Crippen molar-refractivity contribution >= 4 is 5.91 Å². The summed E-state index contributed by atoms with van der Waals surface area (Å²) in [5.74, 6) is -1.96. The number of ether oxygens (including phenoxy) is 3. The number of amides is 1. The van der Waals surface area contributed by atoms with Crippen LogP contribution in [0, 0.1) is 5.92 Å². The highest BCUT2D eigenvalue weighted by molar-refractivity contribution is 5.81. The normalized spacial score (nSPS) is 44.4. The van der Waals surface area contributed by atoms with Crippen LogP contribution in [0.15, 0.2) is 0 Å². The number of nitrogens with one attached hydrogen (secondary N) is 2. The lowest BCUT2D eigenvalue weighted by Crippen LogP contribution is -2.70. The summed E-state index contributed by atoms with van der Waals surface area (Å²) in [7, 11) is 0. The Kier molecular flexibility index (Phi) is 13.2. The highest BCUT2D eigenvalue weighted by Crippen LogP contribution is 2.37. The number of hydrogen-bond acceptors (Lipinski definition) is 17. The number of carbonyl (C=O) groups is 1. The minimum absolute atomic E-state index is 0.0531. The maximum atomic E-state index is 12.5. The third-order valence-electron chi connectivity index (χ3n) is 8.21. The lowest BCUT2D eigenvalue weighted by Gasteiger charge is -2.51. The minimum Gasteiger partial charge on any atom is -0.395 e. The first kappa shape index (κ1) is 35.3. The summed E-state index contributed by atoms with van der Waals surface area (Å²) in [5, 5.41) is 88.2. The third-order valence-corrected chi connectivity index (χ3v) is 8.21. The third kappa shape index (κ3) is 8.10. The van der Waals surface area contributed by atoms with Crippen molar-refractivity contribution < 1.29 is 59.9 Å². The molecule has 3 rings (SSSR count). The molecule has 2 heterocycles. The van der Waals surface area contributed by atoms with Gasteiger partial charge in [0, 0.05) is 44.1 Å². The molecule has 246 valence electrons. The molecule has 1 amide bonds. The van der Waals surface area contributed by atoms with Crippen LogP contribution in [0.5, 0.6) is 0 Å². The van der Waals surface area contributed by atoms with Crippen LogP contribution in [-0.2, 0) is 19.0 Å². The maximum Gasteiger partial charge on any atom is 0.250 e. The van der Waals surface area contributed by atoms with E-state index >= 15 is 0 Å². The van der Waals surface area contributed by atoms with Gasteiger partial charge in [-0.1, -0.05) is 0 Å². The lowest BCUT2D eigenvalue weighted by atomic mass is 9.72. The summed E-state index contributed by atoms with van der Waals surface area (Å²) in [4.78, 5) is 12.5. The van der Waals surface area contributed by atoms with Crippen molar-refractivity contribution in [1.82, 2.24) is 10.6 Å². The van der Waals surface area contributed by atoms with E-state index in [1.54, 1.807) is 0 Å². The number of aliphatic hydroxyl groups excluding tert-OH is 8. The van der Waals surface area contributed by atoms with Gasteiger partial charge in [-0.3, -0.25) is 4.79 Å². The van der Waals surface area contributed by atoms with Gasteiger partial charge in [0.15, 0.2) is 6.29 Å². The predicted molar refractivity (Wildman–Crippen MR) is 143 cm³/mol. The fraction of sp³-hybridized carbons (Fsp3) is 0.958. The first-order chi connectivity index (χ1) is 19.8. The Morgan fingerprint density at radius 1 is 1.00 bits per heavy atom. The molecule has 1 aliphatic carbocycles. The smallest absolute Gasteiger partial charge is 0.250 e. The Bertz CT molecular complexity index is 850. The Balaban J connectivity index is 1.85. The molecule has 16 unspecified atom stereocenters. The van der Waals surface area contributed by atoms with Gasteiger partial charge in [0.25, 0.3) is 0 Å². The number of hydrogen-bond donors (Lipinski definition) is 14. The summed E-state index contributed by atoms with van der Waals surface area (Å²) >= 11 is 0. The van der Waals surface area contributed by atoms with Crippen LogP contribution >= 0.6 is 0 Å². The van der Waals surface area contributed by atoms with Crippen molar-refractivity contribution in [3.8, 4) is 0 Å². The highest BCUT2D eigenvalue weighted by Gasteiger charge is 2.54. The molecule has 16 atom stereocenters. The minimum atomic E-state index is -1.62. The highest BCUT2D eigenvalue weighted by atomic mass is 16.7. The second-order valence-corrected chi connectivity index (χ2v) is 11.3. The zero-order valence-electron chi connectivity index (χ0n) is 23.2. The van der Waals surface area contributed by atoms with Gasteiger partial charge in [0.05, 0.1) is 49.7 Å². The summed E-state index contributed by atoms with van der Waals surface area (Å²) in [6, 6.07) is -3.83. The van der Waals surface area contributed by atoms with E-state index < -0.39 is 116 Å². The largest absolute Gasteiger partial charge is 0.395 e. The summed E-state index contributed by atoms with van der Waals surface area (Å²) < 4.78 is 17.5. The van der Waals surface area contributed by atoms with E-state index in [0.717, 1.165) is 0 Å². The molecule has 18 nitrogen and oxygen atoms in total. The molecule has 18 heteroatoms. The van der Waals surface area contributed by atoms with Gasteiger partial charge in [-0.15, -0.1) is 0 Å². The van der Waals surface area contributed by atoms with Crippen LogP contribution in [0.2, 0.25) is 0 Å². The van der Waals surface area contributed by atoms with Crippen molar-refractivity contribution in [2.75, 3.05) is 32.8 Å². The molecule has 0 spiro atoms. The standard InChI is InChI=1S/C24H48N6O12/c25-3-13(34)23(39)30-11-2-10(27)15(22-17(35)12(33)1-9(40-22)5-29-4-8(26)6-31)19(37)21(11)42-24-20(38)16(28)18(36)14(7-32)41-24/h8-22,24,29,31-38H,1-7,25-28H2,(H,30,39). The molecule has 1 saturated carbocycles. The van der Waals surface area contributed by atoms with Gasteiger partial charge < -0.3 is 88.6 Å². The van der Waals surface area contributed by atoms with E-state index in [0.29, 0.717) is 0 Å². The van der Waals surface area contributed by atoms with Crippen molar-refractivity contribution in [1.29, 1.82) is 0 Å². The van der Waals surface area contributed by atoms with Gasteiger partial charge >= 0.3 is 0 Å². The van der Waals surface area contributed by atoms with Crippen molar-refractivity contribution in [3.05, 3.63) is 0 Å². The van der Waals surface area contributed by atoms with Crippen LogP contribution < -0.4 is 33.6 Å². The average molecular weight is 613 g/mol. The number of rotatable bonds is 12. The van der Waals surface area contributed by atoms with Gasteiger partial charge in [-0.05, 0) is 6.42 Å². The van der Waals surface area contributed by atoms with Crippen molar-refractivity contribution in [3.63, 3.8) is 0 Å². The molecule has 2 saturated heterocycles. The number of carbonyl (C=O) groups excluding carboxylic acids is 1. The van der Waals surface area contributed by atoms with Gasteiger partial charge in [0.1, 0.15) is 36.6 Å². The molecule has 42 heavy (non-hydrogen) atoms. The van der Waals surface area contributed by atoms with E-state index in [9.17, 15) is 40.5 Å². The predicted octanol–water partition coefficient (Wildman–Crippen LogP) is -8.56. The van der Waals surface area contributed by atoms with Gasteiger partial charge in [-0.2, -0.15) is 0 Å². The zero-order chi connectivity index (χ0) is 31.3. The van der Waals surface area contributed by atoms with Crippen LogP contribution in [0.25, 0.3) is 0 Å². The Morgan fingerprint density at radius 2 is 1.69 bits per heavy atom. The maximum absolute atomic E-state index is 12.5. The second kappa shape index (κ2) is 15.7. The van der Waals surface area contributed by atoms with E-state index in [4.69, 9.17) is 42.3 Å². The number of aliphatic hydroxyl groups is 8. The molecule has 0 bridgehead atoms. The molecule has 0 radical (unpaired) electrons. The van der Waals surface area contributed by atoms with Gasteiger partial charge in [0.2, 0.25) is 5.91 Å². The quantitative estimate of drug-likeness (QED) is 0.0972. The van der Waals surface area contributed by atoms with E-state index in [1.807, 2.05) is 0 Å². The fourth-order valence-electron chi connectivity index (χ4n) is 5.75. The van der Waals surface area contributed by atoms with Crippen LogP contribution in [-0.4, -0.2) is 171 Å². The molecule has 0 aromatic rings. The molecule has 0 aromatic heterocycles. The zero-order valence-corrected chi connectivity index (χ0v) is 23.2. The molecular weight excluding hydrogens is 564 g/mol. The van der Waals surface area contributed by atoms with E-state index in [2.05, 4.69) is 10.6 Å². The number of nitrogens with two attached hydrogens (primary N) is 4. The Labute approximate surface area is 242 Å². The lowest BCUT2D eigenvalue weighted by molar-refractivity contribution is -0.308. The topological polar surface area (TPSA) is 335 Å². The van der Waals surface area contributed by atoms with E-state index in [-0.39, 0.29) is 32.5 Å². The SMILES string of the molecule is NCC(O)C(=O)NC1CC(N)C(C2OC(CNCC(N)CO)CC(O)C2O)C(O)C1OC1OC(CO)C(O)C(N)C1O. The Hall–Kier alpha value is -1.17. The van der Waals surface area contributed by atoms with Gasteiger partial charge in [-0.25, -0.2) is 0 Å². The summed E-state index contributed by atoms with van der Waals surface area (Å²) in [6.07, 6.45) is -15.0. The van der Waals surface area contributed by atoms with Crippen molar-refractivity contribution in [2.24, 2.45) is 28.9 Å². The summed E-state index contributed by atoms with van der Waals surface area (Å²) in [5.41, 5.74) is 23.4. The molecule has 2 aliphatic heterocycles. The fourth-order valence-corrected chi connectivity index (χ4v) is 5.75. The molecule has 18 N–H and O–H groups in total. The molecular formula is C24H48N6O12. The summed E-state index contributed by atoms with van der Waals surface area (Å²) in [6.45, 7) is -0.840. The molecule has 0 aromatic carbocycles. The average Bonchev–Trinajstić information content (AvgIpc) is 2.96. The van der Waals surface area contributed by atoms with Crippen molar-refractivity contribution in [2.45, 2.75) is 104 Å². The van der Waals surface area contributed by atoms with Crippen LogP contribution in [0.3, 0.4) is 0 Å². The second-order valence-electron chi connectivity index (χ2n) is 11.3. The van der Waals surface area contributed by atoms with Crippen LogP contribution in [0.4, 0.5) is 0 Å². The first-order valence-electron chi connectivity index (χ1n) is 14.1.